The van der Waals surface area contributed by atoms with Crippen molar-refractivity contribution in [1.29, 1.82) is 0 Å². The molecule has 0 aliphatic rings. The van der Waals surface area contributed by atoms with E-state index in [1.165, 1.54) is 43.3 Å². The van der Waals surface area contributed by atoms with Gasteiger partial charge in [-0.2, -0.15) is 13.2 Å². The summed E-state index contributed by atoms with van der Waals surface area (Å²) >= 11 is 6.51. The number of nitrogens with one attached hydrogen (secondary N) is 2. The van der Waals surface area contributed by atoms with Gasteiger partial charge in [-0.3, -0.25) is 9.36 Å². The molecule has 35 heavy (non-hydrogen) atoms. The normalized spacial score (nSPS) is 12.0. The maximum absolute atomic E-state index is 13.1. The van der Waals surface area contributed by atoms with Crippen LogP contribution in [0.2, 0.25) is 4.34 Å². The number of carbonyl (C=O) groups is 1. The van der Waals surface area contributed by atoms with E-state index in [9.17, 15) is 31.2 Å². The number of carbonyl (C=O) groups excluding carboxylic acids is 1. The van der Waals surface area contributed by atoms with Crippen LogP contribution in [-0.2, 0) is 16.2 Å². The monoisotopic (exact) mass is 542 g/mol. The number of hydrogen-bond acceptors (Lipinski definition) is 6. The molecule has 4 rings (SSSR count). The maximum atomic E-state index is 13.1. The first-order valence-corrected chi connectivity index (χ1v) is 12.3. The van der Waals surface area contributed by atoms with Crippen LogP contribution in [-0.4, -0.2) is 24.0 Å². The zero-order valence-corrected chi connectivity index (χ0v) is 19.9. The summed E-state index contributed by atoms with van der Waals surface area (Å²) in [6.07, 6.45) is -4.62. The Balaban J connectivity index is 1.59. The molecule has 0 aliphatic carbocycles. The number of anilines is 1. The van der Waals surface area contributed by atoms with Crippen LogP contribution in [0.5, 0.6) is 0 Å². The minimum absolute atomic E-state index is 0.125. The lowest BCUT2D eigenvalue weighted by atomic mass is 10.1. The first-order valence-electron chi connectivity index (χ1n) is 9.65. The molecule has 2 N–H and O–H groups in total. The Kier molecular flexibility index (Phi) is 6.34. The average molecular weight is 543 g/mol. The van der Waals surface area contributed by atoms with Gasteiger partial charge in [0.25, 0.3) is 15.6 Å². The highest BCUT2D eigenvalue weighted by atomic mass is 35.5. The van der Waals surface area contributed by atoms with Crippen molar-refractivity contribution in [2.24, 2.45) is 0 Å². The molecular formula is C21H14ClF3N4O4S2. The molecule has 8 nitrogen and oxygen atoms in total. The van der Waals surface area contributed by atoms with E-state index in [0.717, 1.165) is 34.1 Å². The molecule has 0 saturated heterocycles. The van der Waals surface area contributed by atoms with Gasteiger partial charge in [-0.1, -0.05) is 11.6 Å². The van der Waals surface area contributed by atoms with Crippen molar-refractivity contribution < 1.29 is 26.4 Å². The molecule has 0 radical (unpaired) electrons. The Morgan fingerprint density at radius 3 is 2.37 bits per heavy atom. The SMILES string of the molecule is Cc1nc2ccc(C(F)(F)F)cc2c(=O)n1-c1ccc(NC(=O)NS(=O)(=O)c2ccc(Cl)s2)cc1. The van der Waals surface area contributed by atoms with E-state index in [4.69, 9.17) is 11.6 Å². The van der Waals surface area contributed by atoms with Gasteiger partial charge in [0.15, 0.2) is 0 Å². The zero-order valence-electron chi connectivity index (χ0n) is 17.6. The highest BCUT2D eigenvalue weighted by Crippen LogP contribution is 2.30. The molecular weight excluding hydrogens is 529 g/mol. The van der Waals surface area contributed by atoms with Crippen molar-refractivity contribution in [3.8, 4) is 5.69 Å². The van der Waals surface area contributed by atoms with E-state index >= 15 is 0 Å². The fraction of sp³-hybridized carbons (Fsp3) is 0.0952. The third-order valence-corrected chi connectivity index (χ3v) is 7.84. The third-order valence-electron chi connectivity index (χ3n) is 4.79. The van der Waals surface area contributed by atoms with Gasteiger partial charge in [0.2, 0.25) is 0 Å². The van der Waals surface area contributed by atoms with E-state index in [-0.39, 0.29) is 36.6 Å². The van der Waals surface area contributed by atoms with Gasteiger partial charge >= 0.3 is 12.2 Å². The van der Waals surface area contributed by atoms with Crippen molar-refractivity contribution in [1.82, 2.24) is 14.3 Å². The van der Waals surface area contributed by atoms with Crippen LogP contribution in [0.3, 0.4) is 0 Å². The topological polar surface area (TPSA) is 110 Å². The van der Waals surface area contributed by atoms with Gasteiger partial charge in [-0.25, -0.2) is 22.9 Å². The van der Waals surface area contributed by atoms with E-state index in [1.54, 1.807) is 0 Å². The lowest BCUT2D eigenvalue weighted by Crippen LogP contribution is -2.33. The number of aryl methyl sites for hydroxylation is 1. The van der Waals surface area contributed by atoms with Crippen molar-refractivity contribution >= 4 is 55.6 Å². The Hall–Kier alpha value is -3.42. The molecule has 2 aromatic carbocycles. The number of sulfonamides is 1. The third kappa shape index (κ3) is 5.16. The number of aromatic nitrogens is 2. The fourth-order valence-electron chi connectivity index (χ4n) is 3.24. The van der Waals surface area contributed by atoms with Crippen LogP contribution >= 0.6 is 22.9 Å². The number of alkyl halides is 3. The Labute approximate surface area is 205 Å². The fourth-order valence-corrected chi connectivity index (χ4v) is 5.63. The van der Waals surface area contributed by atoms with Gasteiger partial charge in [0, 0.05) is 5.69 Å². The number of thiophene rings is 1. The maximum Gasteiger partial charge on any atom is 0.416 e. The highest BCUT2D eigenvalue weighted by molar-refractivity contribution is 7.92. The number of halogens is 4. The molecule has 0 atom stereocenters. The molecule has 2 amide bonds. The lowest BCUT2D eigenvalue weighted by Gasteiger charge is -2.13. The van der Waals surface area contributed by atoms with Crippen molar-refractivity contribution in [2.45, 2.75) is 17.3 Å². The number of nitrogens with zero attached hydrogens (tertiary/aromatic N) is 2. The second-order valence-electron chi connectivity index (χ2n) is 7.19. The molecule has 2 aromatic heterocycles. The lowest BCUT2D eigenvalue weighted by molar-refractivity contribution is -0.137. The molecule has 2 heterocycles. The average Bonchev–Trinajstić information content (AvgIpc) is 3.21. The summed E-state index contributed by atoms with van der Waals surface area (Å²) in [4.78, 5) is 29.3. The summed E-state index contributed by atoms with van der Waals surface area (Å²) in [5.41, 5.74) is -1.06. The van der Waals surface area contributed by atoms with Crippen LogP contribution < -0.4 is 15.6 Å². The molecule has 14 heteroatoms. The summed E-state index contributed by atoms with van der Waals surface area (Å²) in [6.45, 7) is 1.53. The number of amides is 2. The summed E-state index contributed by atoms with van der Waals surface area (Å²) in [7, 11) is -4.12. The summed E-state index contributed by atoms with van der Waals surface area (Å²) in [5.74, 6) is 0.237. The molecule has 0 saturated carbocycles. The van der Waals surface area contributed by atoms with E-state index in [1.807, 2.05) is 4.72 Å². The van der Waals surface area contributed by atoms with Gasteiger partial charge < -0.3 is 5.32 Å². The zero-order chi connectivity index (χ0) is 25.5. The molecule has 0 unspecified atom stereocenters. The number of fused-ring (bicyclic) bond motifs is 1. The van der Waals surface area contributed by atoms with E-state index < -0.39 is 33.4 Å². The predicted molar refractivity (Wildman–Crippen MR) is 126 cm³/mol. The summed E-state index contributed by atoms with van der Waals surface area (Å²) < 4.78 is 66.8. The second kappa shape index (κ2) is 8.98. The predicted octanol–water partition coefficient (Wildman–Crippen LogP) is 4.94. The van der Waals surface area contributed by atoms with Crippen LogP contribution in [0.1, 0.15) is 11.4 Å². The van der Waals surface area contributed by atoms with Crippen LogP contribution in [0.15, 0.2) is 63.6 Å². The standard InChI is InChI=1S/C21H14ClF3N4O4S2/c1-11-26-16-7-2-12(21(23,24)25)10-15(16)19(30)29(11)14-5-3-13(4-6-14)27-20(31)28-35(32,33)18-9-8-17(22)34-18/h2-10H,1H3,(H2,27,28,31). The van der Waals surface area contributed by atoms with Crippen LogP contribution in [0.25, 0.3) is 16.6 Å². The smallest absolute Gasteiger partial charge is 0.307 e. The number of benzene rings is 2. The molecule has 182 valence electrons. The molecule has 0 aliphatic heterocycles. The minimum atomic E-state index is -4.62. The highest BCUT2D eigenvalue weighted by Gasteiger charge is 2.31. The molecule has 4 aromatic rings. The molecule has 0 bridgehead atoms. The first-order chi connectivity index (χ1) is 16.3. The van der Waals surface area contributed by atoms with Gasteiger partial charge in [-0.15, -0.1) is 11.3 Å². The number of urea groups is 1. The van der Waals surface area contributed by atoms with Gasteiger partial charge in [0.05, 0.1) is 26.5 Å². The summed E-state index contributed by atoms with van der Waals surface area (Å²) in [6, 6.07) is 10.0. The van der Waals surface area contributed by atoms with Gasteiger partial charge in [0.1, 0.15) is 10.0 Å². The van der Waals surface area contributed by atoms with Crippen molar-refractivity contribution in [2.75, 3.05) is 5.32 Å². The Bertz CT molecular complexity index is 1610. The van der Waals surface area contributed by atoms with Crippen molar-refractivity contribution in [3.63, 3.8) is 0 Å². The quantitative estimate of drug-likeness (QED) is 0.379. The van der Waals surface area contributed by atoms with Gasteiger partial charge in [-0.05, 0) is 61.5 Å². The first kappa shape index (κ1) is 24.7. The van der Waals surface area contributed by atoms with E-state index in [0.29, 0.717) is 0 Å². The molecule has 0 spiro atoms. The Morgan fingerprint density at radius 2 is 1.77 bits per heavy atom. The van der Waals surface area contributed by atoms with Crippen LogP contribution in [0.4, 0.5) is 23.7 Å². The summed E-state index contributed by atoms with van der Waals surface area (Å²) in [5, 5.41) is 2.15. The number of hydrogen-bond donors (Lipinski definition) is 2. The van der Waals surface area contributed by atoms with Crippen molar-refractivity contribution in [3.05, 3.63) is 80.7 Å². The van der Waals surface area contributed by atoms with Crippen LogP contribution in [0, 0.1) is 6.92 Å². The minimum Gasteiger partial charge on any atom is -0.307 e. The Morgan fingerprint density at radius 1 is 1.09 bits per heavy atom. The molecule has 0 fully saturated rings. The second-order valence-corrected chi connectivity index (χ2v) is 10.8. The largest absolute Gasteiger partial charge is 0.416 e. The number of rotatable bonds is 4. The van der Waals surface area contributed by atoms with E-state index in [2.05, 4.69) is 10.3 Å².